The minimum Gasteiger partial charge on any atom is -0.461 e. The second-order valence-electron chi connectivity index (χ2n) is 5.68. The van der Waals surface area contributed by atoms with Crippen LogP contribution in [0.25, 0.3) is 11.6 Å². The van der Waals surface area contributed by atoms with Gasteiger partial charge in [0.25, 0.3) is 0 Å². The van der Waals surface area contributed by atoms with Gasteiger partial charge in [-0.15, -0.1) is 10.2 Å². The van der Waals surface area contributed by atoms with Crippen molar-refractivity contribution < 1.29 is 14.0 Å². The van der Waals surface area contributed by atoms with Crippen molar-refractivity contribution in [3.63, 3.8) is 0 Å². The summed E-state index contributed by atoms with van der Waals surface area (Å²) in [6.07, 6.45) is 1.57. The maximum absolute atomic E-state index is 12.2. The van der Waals surface area contributed by atoms with Crippen LogP contribution in [0.5, 0.6) is 0 Å². The molecule has 3 amide bonds. The Morgan fingerprint density at radius 3 is 2.63 bits per heavy atom. The molecule has 1 aromatic carbocycles. The average molecular weight is 385 g/mol. The van der Waals surface area contributed by atoms with Crippen LogP contribution in [0.4, 0.5) is 4.79 Å². The highest BCUT2D eigenvalue weighted by Gasteiger charge is 2.22. The van der Waals surface area contributed by atoms with E-state index in [1.54, 1.807) is 19.3 Å². The first-order valence-corrected chi connectivity index (χ1v) is 9.16. The lowest BCUT2D eigenvalue weighted by molar-refractivity contribution is -0.119. The molecule has 3 rings (SSSR count). The van der Waals surface area contributed by atoms with E-state index < -0.39 is 17.2 Å². The lowest BCUT2D eigenvalue weighted by Crippen LogP contribution is -2.41. The minimum atomic E-state index is -0.547. The predicted octanol–water partition coefficient (Wildman–Crippen LogP) is 2.52. The molecule has 0 aliphatic rings. The number of urea groups is 1. The number of carbonyl (C=O) groups excluding carboxylic acids is 2. The summed E-state index contributed by atoms with van der Waals surface area (Å²) in [6.45, 7) is 2.23. The van der Waals surface area contributed by atoms with Crippen molar-refractivity contribution in [3.8, 4) is 11.6 Å². The summed E-state index contributed by atoms with van der Waals surface area (Å²) in [6, 6.07) is 12.9. The SMILES string of the molecule is CNC(=O)NC(=O)C(C)Sc1nnc(-c2ccco2)n1Cc1ccccc1. The number of aromatic nitrogens is 3. The third-order valence-electron chi connectivity index (χ3n) is 3.76. The van der Waals surface area contributed by atoms with E-state index in [2.05, 4.69) is 20.8 Å². The van der Waals surface area contributed by atoms with E-state index in [1.165, 1.54) is 18.8 Å². The molecule has 3 aromatic rings. The van der Waals surface area contributed by atoms with Crippen molar-refractivity contribution in [1.82, 2.24) is 25.4 Å². The number of thioether (sulfide) groups is 1. The fourth-order valence-corrected chi connectivity index (χ4v) is 3.21. The first-order chi connectivity index (χ1) is 13.1. The third kappa shape index (κ3) is 4.56. The molecule has 0 saturated carbocycles. The number of nitrogens with one attached hydrogen (secondary N) is 2. The normalized spacial score (nSPS) is 11.8. The van der Waals surface area contributed by atoms with Crippen LogP contribution < -0.4 is 10.6 Å². The quantitative estimate of drug-likeness (QED) is 0.632. The van der Waals surface area contributed by atoms with Gasteiger partial charge in [0.15, 0.2) is 10.9 Å². The predicted molar refractivity (Wildman–Crippen MR) is 101 cm³/mol. The van der Waals surface area contributed by atoms with Crippen molar-refractivity contribution in [1.29, 1.82) is 0 Å². The van der Waals surface area contributed by atoms with Crippen molar-refractivity contribution in [3.05, 3.63) is 54.3 Å². The summed E-state index contributed by atoms with van der Waals surface area (Å²) in [5, 5.41) is 13.1. The van der Waals surface area contributed by atoms with Crippen molar-refractivity contribution >= 4 is 23.7 Å². The number of amides is 3. The van der Waals surface area contributed by atoms with Gasteiger partial charge in [0.05, 0.1) is 18.1 Å². The third-order valence-corrected chi connectivity index (χ3v) is 4.84. The lowest BCUT2D eigenvalue weighted by Gasteiger charge is -2.13. The van der Waals surface area contributed by atoms with Crippen molar-refractivity contribution in [2.45, 2.75) is 23.9 Å². The van der Waals surface area contributed by atoms with Gasteiger partial charge in [-0.3, -0.25) is 14.7 Å². The Bertz CT molecular complexity index is 908. The lowest BCUT2D eigenvalue weighted by atomic mass is 10.2. The molecule has 0 aliphatic carbocycles. The number of hydrogen-bond acceptors (Lipinski definition) is 6. The van der Waals surface area contributed by atoms with Crippen LogP contribution in [0.2, 0.25) is 0 Å². The fraction of sp³-hybridized carbons (Fsp3) is 0.222. The highest BCUT2D eigenvalue weighted by molar-refractivity contribution is 8.00. The standard InChI is InChI=1S/C18H19N5O3S/c1-12(16(24)20-17(25)19-2)27-18-22-21-15(14-9-6-10-26-14)23(18)11-13-7-4-3-5-8-13/h3-10,12H,11H2,1-2H3,(H2,19,20,24,25). The van der Waals surface area contributed by atoms with Crippen LogP contribution in [0.1, 0.15) is 12.5 Å². The molecule has 27 heavy (non-hydrogen) atoms. The molecular weight excluding hydrogens is 366 g/mol. The van der Waals surface area contributed by atoms with E-state index in [0.717, 1.165) is 5.56 Å². The maximum Gasteiger partial charge on any atom is 0.321 e. The minimum absolute atomic E-state index is 0.409. The summed E-state index contributed by atoms with van der Waals surface area (Å²) in [7, 11) is 1.45. The monoisotopic (exact) mass is 385 g/mol. The Hall–Kier alpha value is -3.07. The summed E-state index contributed by atoms with van der Waals surface area (Å²) < 4.78 is 7.36. The van der Waals surface area contributed by atoms with Crippen LogP contribution in [0.3, 0.4) is 0 Å². The van der Waals surface area contributed by atoms with Crippen molar-refractivity contribution in [2.24, 2.45) is 0 Å². The van der Waals surface area contributed by atoms with E-state index in [-0.39, 0.29) is 0 Å². The van der Waals surface area contributed by atoms with Gasteiger partial charge >= 0.3 is 6.03 Å². The molecule has 140 valence electrons. The molecular formula is C18H19N5O3S. The van der Waals surface area contributed by atoms with E-state index in [1.807, 2.05) is 41.0 Å². The van der Waals surface area contributed by atoms with Gasteiger partial charge in [0.2, 0.25) is 11.7 Å². The number of imide groups is 1. The molecule has 0 radical (unpaired) electrons. The molecule has 8 nitrogen and oxygen atoms in total. The molecule has 2 aromatic heterocycles. The Kier molecular flexibility index (Phi) is 5.92. The molecule has 1 unspecified atom stereocenters. The number of nitrogens with zero attached hydrogens (tertiary/aromatic N) is 3. The number of carbonyl (C=O) groups is 2. The van der Waals surface area contributed by atoms with E-state index in [0.29, 0.717) is 23.3 Å². The maximum atomic E-state index is 12.2. The van der Waals surface area contributed by atoms with Crippen LogP contribution in [-0.2, 0) is 11.3 Å². The van der Waals surface area contributed by atoms with Crippen LogP contribution >= 0.6 is 11.8 Å². The summed E-state index contributed by atoms with van der Waals surface area (Å²) in [5.74, 6) is 0.756. The van der Waals surface area contributed by atoms with E-state index in [4.69, 9.17) is 4.42 Å². The Labute approximate surface area is 160 Å². The molecule has 0 saturated heterocycles. The zero-order chi connectivity index (χ0) is 19.2. The number of rotatable bonds is 6. The zero-order valence-corrected chi connectivity index (χ0v) is 15.7. The van der Waals surface area contributed by atoms with E-state index in [9.17, 15) is 9.59 Å². The van der Waals surface area contributed by atoms with Gasteiger partial charge in [0, 0.05) is 7.05 Å². The van der Waals surface area contributed by atoms with Gasteiger partial charge in [-0.05, 0) is 24.6 Å². The molecule has 1 atom stereocenters. The smallest absolute Gasteiger partial charge is 0.321 e. The topological polar surface area (TPSA) is 102 Å². The molecule has 2 N–H and O–H groups in total. The Morgan fingerprint density at radius 2 is 1.96 bits per heavy atom. The first kappa shape index (κ1) is 18.7. The molecule has 0 bridgehead atoms. The van der Waals surface area contributed by atoms with Gasteiger partial charge in [-0.1, -0.05) is 42.1 Å². The average Bonchev–Trinajstić information content (AvgIpc) is 3.33. The fourth-order valence-electron chi connectivity index (χ4n) is 2.36. The summed E-state index contributed by atoms with van der Waals surface area (Å²) >= 11 is 1.22. The largest absolute Gasteiger partial charge is 0.461 e. The van der Waals surface area contributed by atoms with E-state index >= 15 is 0 Å². The summed E-state index contributed by atoms with van der Waals surface area (Å²) in [4.78, 5) is 23.5. The number of furan rings is 1. The van der Waals surface area contributed by atoms with Crippen LogP contribution in [-0.4, -0.2) is 39.0 Å². The molecule has 9 heteroatoms. The molecule has 0 fully saturated rings. The highest BCUT2D eigenvalue weighted by atomic mass is 32.2. The number of hydrogen-bond donors (Lipinski definition) is 2. The molecule has 0 aliphatic heterocycles. The van der Waals surface area contributed by atoms with Crippen LogP contribution in [0.15, 0.2) is 58.3 Å². The van der Waals surface area contributed by atoms with Gasteiger partial charge in [-0.25, -0.2) is 4.79 Å². The van der Waals surface area contributed by atoms with Gasteiger partial charge in [-0.2, -0.15) is 0 Å². The van der Waals surface area contributed by atoms with Gasteiger partial charge < -0.3 is 9.73 Å². The Balaban J connectivity index is 1.86. The number of benzene rings is 1. The Morgan fingerprint density at radius 1 is 1.19 bits per heavy atom. The van der Waals surface area contributed by atoms with Crippen molar-refractivity contribution in [2.75, 3.05) is 7.05 Å². The molecule has 0 spiro atoms. The molecule has 2 heterocycles. The summed E-state index contributed by atoms with van der Waals surface area (Å²) in [5.41, 5.74) is 1.06. The zero-order valence-electron chi connectivity index (χ0n) is 14.9. The first-order valence-electron chi connectivity index (χ1n) is 8.28. The van der Waals surface area contributed by atoms with Gasteiger partial charge in [0.1, 0.15) is 0 Å². The van der Waals surface area contributed by atoms with Crippen LogP contribution in [0, 0.1) is 0 Å². The highest BCUT2D eigenvalue weighted by Crippen LogP contribution is 2.28. The second-order valence-corrected chi connectivity index (χ2v) is 6.99. The second kappa shape index (κ2) is 8.54.